The second kappa shape index (κ2) is 8.88. The summed E-state index contributed by atoms with van der Waals surface area (Å²) in [6, 6.07) is 12.5. The number of para-hydroxylation sites is 1. The van der Waals surface area contributed by atoms with Gasteiger partial charge in [-0.1, -0.05) is 30.3 Å². The Bertz CT molecular complexity index is 1000. The predicted octanol–water partition coefficient (Wildman–Crippen LogP) is 4.39. The van der Waals surface area contributed by atoms with Crippen molar-refractivity contribution in [3.63, 3.8) is 0 Å². The topological polar surface area (TPSA) is 98.0 Å². The zero-order valence-electron chi connectivity index (χ0n) is 15.9. The molecular weight excluding hydrogens is 381 g/mol. The van der Waals surface area contributed by atoms with E-state index in [0.717, 1.165) is 21.9 Å². The van der Waals surface area contributed by atoms with Crippen LogP contribution in [0.2, 0.25) is 0 Å². The summed E-state index contributed by atoms with van der Waals surface area (Å²) >= 11 is 0. The SMILES string of the molecule is CCOP(=O)(CN[C@@H](Cc1ccc2c(c1)oc1ccccc12)C(=O)O)OCC. The van der Waals surface area contributed by atoms with Gasteiger partial charge in [0, 0.05) is 10.8 Å². The smallest absolute Gasteiger partial charge is 0.344 e. The summed E-state index contributed by atoms with van der Waals surface area (Å²) in [6.45, 7) is 3.87. The molecule has 1 heterocycles. The van der Waals surface area contributed by atoms with E-state index in [4.69, 9.17) is 13.5 Å². The summed E-state index contributed by atoms with van der Waals surface area (Å²) in [5.74, 6) is -1.04. The van der Waals surface area contributed by atoms with Gasteiger partial charge in [-0.3, -0.25) is 14.7 Å². The standard InChI is InChI=1S/C20H24NO6P/c1-3-25-28(24,26-4-2)13-21-17(20(22)23)11-14-9-10-16-15-7-5-6-8-18(15)27-19(16)12-14/h5-10,12,17,21H,3-4,11,13H2,1-2H3,(H,22,23)/t17-/m0/s1. The normalized spacial score (nSPS) is 13.2. The van der Waals surface area contributed by atoms with E-state index in [0.29, 0.717) is 5.58 Å². The van der Waals surface area contributed by atoms with Gasteiger partial charge in [-0.15, -0.1) is 0 Å². The van der Waals surface area contributed by atoms with Crippen LogP contribution in [0, 0.1) is 0 Å². The molecule has 0 spiro atoms. The van der Waals surface area contributed by atoms with Gasteiger partial charge in [0.05, 0.1) is 19.5 Å². The van der Waals surface area contributed by atoms with E-state index in [2.05, 4.69) is 5.32 Å². The lowest BCUT2D eigenvalue weighted by molar-refractivity contribution is -0.139. The summed E-state index contributed by atoms with van der Waals surface area (Å²) < 4.78 is 28.8. The van der Waals surface area contributed by atoms with Crippen LogP contribution in [0.1, 0.15) is 19.4 Å². The number of nitrogens with one attached hydrogen (secondary N) is 1. The lowest BCUT2D eigenvalue weighted by atomic mass is 10.0. The number of carboxylic acid groups (broad SMARTS) is 1. The van der Waals surface area contributed by atoms with Crippen LogP contribution in [0.3, 0.4) is 0 Å². The van der Waals surface area contributed by atoms with E-state index in [1.54, 1.807) is 13.8 Å². The minimum absolute atomic E-state index is 0.168. The van der Waals surface area contributed by atoms with Crippen molar-refractivity contribution in [2.45, 2.75) is 26.3 Å². The molecule has 3 rings (SSSR count). The lowest BCUT2D eigenvalue weighted by Gasteiger charge is -2.20. The molecule has 2 N–H and O–H groups in total. The zero-order valence-corrected chi connectivity index (χ0v) is 16.8. The highest BCUT2D eigenvalue weighted by Gasteiger charge is 2.27. The maximum absolute atomic E-state index is 12.6. The van der Waals surface area contributed by atoms with Gasteiger partial charge >= 0.3 is 13.6 Å². The second-order valence-corrected chi connectivity index (χ2v) is 8.39. The third-order valence-electron chi connectivity index (χ3n) is 4.36. The van der Waals surface area contributed by atoms with Crippen molar-refractivity contribution < 1.29 is 27.9 Å². The van der Waals surface area contributed by atoms with Gasteiger partial charge in [0.1, 0.15) is 17.2 Å². The van der Waals surface area contributed by atoms with Crippen molar-refractivity contribution in [3.8, 4) is 0 Å². The first kappa shape index (κ1) is 20.6. The van der Waals surface area contributed by atoms with Crippen LogP contribution >= 0.6 is 7.60 Å². The van der Waals surface area contributed by atoms with Gasteiger partial charge in [-0.25, -0.2) is 0 Å². The number of furan rings is 1. The number of rotatable bonds is 10. The summed E-state index contributed by atoms with van der Waals surface area (Å²) in [5, 5.41) is 14.4. The molecule has 7 nitrogen and oxygen atoms in total. The highest BCUT2D eigenvalue weighted by Crippen LogP contribution is 2.46. The van der Waals surface area contributed by atoms with Crippen molar-refractivity contribution in [2.24, 2.45) is 0 Å². The monoisotopic (exact) mass is 405 g/mol. The number of carboxylic acids is 1. The third-order valence-corrected chi connectivity index (χ3v) is 6.24. The van der Waals surface area contributed by atoms with Crippen LogP contribution in [0.15, 0.2) is 46.9 Å². The zero-order chi connectivity index (χ0) is 20.1. The molecule has 2 aromatic carbocycles. The Morgan fingerprint density at radius 1 is 1.11 bits per heavy atom. The van der Waals surface area contributed by atoms with Crippen LogP contribution in [-0.4, -0.2) is 36.6 Å². The quantitative estimate of drug-likeness (QED) is 0.483. The number of benzene rings is 2. The first-order valence-electron chi connectivity index (χ1n) is 9.20. The molecule has 0 amide bonds. The Balaban J connectivity index is 1.77. The van der Waals surface area contributed by atoms with Gasteiger partial charge in [-0.2, -0.15) is 0 Å². The first-order chi connectivity index (χ1) is 13.5. The van der Waals surface area contributed by atoms with E-state index in [9.17, 15) is 14.5 Å². The average molecular weight is 405 g/mol. The van der Waals surface area contributed by atoms with Gasteiger partial charge in [-0.05, 0) is 38.0 Å². The second-order valence-electron chi connectivity index (χ2n) is 6.33. The molecule has 0 aliphatic carbocycles. The average Bonchev–Trinajstić information content (AvgIpc) is 3.03. The van der Waals surface area contributed by atoms with Crippen molar-refractivity contribution in [1.29, 1.82) is 0 Å². The Morgan fingerprint density at radius 2 is 1.79 bits per heavy atom. The summed E-state index contributed by atoms with van der Waals surface area (Å²) in [6.07, 6.45) is 0.0408. The van der Waals surface area contributed by atoms with Gasteiger partial charge in [0.15, 0.2) is 0 Å². The third kappa shape index (κ3) is 4.62. The van der Waals surface area contributed by atoms with Crippen LogP contribution in [0.5, 0.6) is 0 Å². The minimum Gasteiger partial charge on any atom is -0.480 e. The van der Waals surface area contributed by atoms with E-state index in [1.807, 2.05) is 42.5 Å². The highest BCUT2D eigenvalue weighted by molar-refractivity contribution is 7.53. The van der Waals surface area contributed by atoms with Gasteiger partial charge in [0.25, 0.3) is 0 Å². The molecule has 0 saturated carbocycles. The molecule has 8 heteroatoms. The van der Waals surface area contributed by atoms with Gasteiger partial charge in [0.2, 0.25) is 0 Å². The van der Waals surface area contributed by atoms with Crippen molar-refractivity contribution >= 4 is 35.5 Å². The number of carbonyl (C=O) groups is 1. The van der Waals surface area contributed by atoms with Crippen LogP contribution in [-0.2, 0) is 24.8 Å². The number of hydrogen-bond donors (Lipinski definition) is 2. The Labute approximate surface area is 163 Å². The van der Waals surface area contributed by atoms with Crippen LogP contribution < -0.4 is 5.32 Å². The van der Waals surface area contributed by atoms with E-state index >= 15 is 0 Å². The summed E-state index contributed by atoms with van der Waals surface area (Å²) in [5.41, 5.74) is 2.29. The molecule has 0 aliphatic rings. The molecule has 0 fully saturated rings. The first-order valence-corrected chi connectivity index (χ1v) is 10.9. The van der Waals surface area contributed by atoms with Crippen molar-refractivity contribution in [2.75, 3.05) is 19.5 Å². The summed E-state index contributed by atoms with van der Waals surface area (Å²) in [4.78, 5) is 11.7. The Hall–Kier alpha value is -2.18. The largest absolute Gasteiger partial charge is 0.480 e. The molecule has 3 aromatic rings. The van der Waals surface area contributed by atoms with Gasteiger partial charge < -0.3 is 18.6 Å². The number of fused-ring (bicyclic) bond motifs is 3. The van der Waals surface area contributed by atoms with E-state index in [-0.39, 0.29) is 25.9 Å². The predicted molar refractivity (Wildman–Crippen MR) is 108 cm³/mol. The fraction of sp³-hybridized carbons (Fsp3) is 0.350. The molecule has 1 aromatic heterocycles. The minimum atomic E-state index is -3.37. The molecular formula is C20H24NO6P. The molecule has 28 heavy (non-hydrogen) atoms. The molecule has 0 unspecified atom stereocenters. The Kier molecular flexibility index (Phi) is 6.52. The fourth-order valence-electron chi connectivity index (χ4n) is 3.12. The maximum atomic E-state index is 12.6. The lowest BCUT2D eigenvalue weighted by Crippen LogP contribution is -2.39. The highest BCUT2D eigenvalue weighted by atomic mass is 31.2. The van der Waals surface area contributed by atoms with Crippen LogP contribution in [0.4, 0.5) is 0 Å². The molecule has 0 saturated heterocycles. The summed E-state index contributed by atoms with van der Waals surface area (Å²) in [7, 11) is -3.37. The maximum Gasteiger partial charge on any atom is 0.344 e. The molecule has 0 bridgehead atoms. The molecule has 0 radical (unpaired) electrons. The molecule has 0 aliphatic heterocycles. The Morgan fingerprint density at radius 3 is 2.46 bits per heavy atom. The van der Waals surface area contributed by atoms with E-state index in [1.165, 1.54) is 0 Å². The van der Waals surface area contributed by atoms with Crippen molar-refractivity contribution in [3.05, 3.63) is 48.0 Å². The number of aliphatic carboxylic acids is 1. The van der Waals surface area contributed by atoms with E-state index < -0.39 is 19.6 Å². The molecule has 150 valence electrons. The molecule has 1 atom stereocenters. The van der Waals surface area contributed by atoms with Crippen LogP contribution in [0.25, 0.3) is 21.9 Å². The fourth-order valence-corrected chi connectivity index (χ4v) is 4.61. The number of hydrogen-bond acceptors (Lipinski definition) is 6. The van der Waals surface area contributed by atoms with Crippen molar-refractivity contribution in [1.82, 2.24) is 5.32 Å².